The minimum Gasteiger partial charge on any atom is -0.481 e. The van der Waals surface area contributed by atoms with Gasteiger partial charge in [0.1, 0.15) is 5.15 Å². The molecule has 6 heteroatoms. The number of aliphatic carboxylic acids is 1. The molecule has 1 aliphatic carbocycles. The van der Waals surface area contributed by atoms with Crippen molar-refractivity contribution >= 4 is 23.5 Å². The molecule has 1 aromatic rings. The summed E-state index contributed by atoms with van der Waals surface area (Å²) in [4.78, 5) is 26.4. The minimum absolute atomic E-state index is 0.244. The summed E-state index contributed by atoms with van der Waals surface area (Å²) in [6.45, 7) is 0. The van der Waals surface area contributed by atoms with E-state index in [-0.39, 0.29) is 17.1 Å². The smallest absolute Gasteiger partial charge is 0.310 e. The van der Waals surface area contributed by atoms with Crippen molar-refractivity contribution in [2.45, 2.75) is 12.5 Å². The lowest BCUT2D eigenvalue weighted by molar-refractivity contribution is -0.140. The number of hydrogen-bond donors (Lipinski definition) is 2. The molecule has 0 bridgehead atoms. The third-order valence-electron chi connectivity index (χ3n) is 2.71. The number of amides is 1. The summed E-state index contributed by atoms with van der Waals surface area (Å²) >= 11 is 5.69. The quantitative estimate of drug-likeness (QED) is 0.642. The van der Waals surface area contributed by atoms with Gasteiger partial charge in [0.2, 0.25) is 0 Å². The molecule has 1 aliphatic rings. The molecule has 94 valence electrons. The molecule has 2 rings (SSSR count). The fourth-order valence-corrected chi connectivity index (χ4v) is 1.96. The fraction of sp³-hybridized carbons (Fsp3) is 0.250. The minimum atomic E-state index is -0.880. The van der Waals surface area contributed by atoms with Crippen LogP contribution in [0.25, 0.3) is 0 Å². The molecule has 0 saturated heterocycles. The first-order valence-electron chi connectivity index (χ1n) is 5.40. The molecule has 0 aromatic carbocycles. The van der Waals surface area contributed by atoms with E-state index >= 15 is 0 Å². The Bertz CT molecular complexity index is 516. The molecule has 0 spiro atoms. The fourth-order valence-electron chi connectivity index (χ4n) is 1.78. The highest BCUT2D eigenvalue weighted by Gasteiger charge is 2.25. The first kappa shape index (κ1) is 12.6. The summed E-state index contributed by atoms with van der Waals surface area (Å²) in [5.74, 6) is -1.70. The molecular formula is C12H11ClN2O3. The Hall–Kier alpha value is -1.88. The lowest BCUT2D eigenvalue weighted by atomic mass is 10.1. The monoisotopic (exact) mass is 266 g/mol. The van der Waals surface area contributed by atoms with Crippen molar-refractivity contribution in [1.82, 2.24) is 10.3 Å². The summed E-state index contributed by atoms with van der Waals surface area (Å²) in [5.41, 5.74) is 0.405. The maximum Gasteiger partial charge on any atom is 0.310 e. The molecule has 0 radical (unpaired) electrons. The second-order valence-electron chi connectivity index (χ2n) is 4.01. The second kappa shape index (κ2) is 5.18. The molecule has 0 fully saturated rings. The highest BCUT2D eigenvalue weighted by molar-refractivity contribution is 6.29. The Morgan fingerprint density at radius 2 is 2.22 bits per heavy atom. The lowest BCUT2D eigenvalue weighted by Crippen LogP contribution is -2.33. The number of rotatable bonds is 3. The van der Waals surface area contributed by atoms with Gasteiger partial charge in [-0.25, -0.2) is 4.98 Å². The van der Waals surface area contributed by atoms with Crippen LogP contribution in [0.15, 0.2) is 30.5 Å². The molecule has 18 heavy (non-hydrogen) atoms. The van der Waals surface area contributed by atoms with Crippen LogP contribution in [0, 0.1) is 5.92 Å². The van der Waals surface area contributed by atoms with E-state index in [2.05, 4.69) is 10.3 Å². The van der Waals surface area contributed by atoms with Gasteiger partial charge >= 0.3 is 5.97 Å². The van der Waals surface area contributed by atoms with Gasteiger partial charge in [-0.15, -0.1) is 0 Å². The van der Waals surface area contributed by atoms with Gasteiger partial charge in [-0.2, -0.15) is 0 Å². The Morgan fingerprint density at radius 1 is 1.44 bits per heavy atom. The largest absolute Gasteiger partial charge is 0.481 e. The highest BCUT2D eigenvalue weighted by atomic mass is 35.5. The topological polar surface area (TPSA) is 79.3 Å². The normalized spacial score (nSPS) is 21.8. The average molecular weight is 267 g/mol. The van der Waals surface area contributed by atoms with E-state index in [9.17, 15) is 9.59 Å². The number of carbonyl (C=O) groups excluding carboxylic acids is 1. The van der Waals surface area contributed by atoms with Gasteiger partial charge in [-0.1, -0.05) is 23.8 Å². The molecule has 2 unspecified atom stereocenters. The second-order valence-corrected chi connectivity index (χ2v) is 4.40. The Balaban J connectivity index is 1.97. The molecule has 1 aromatic heterocycles. The molecule has 2 N–H and O–H groups in total. The van der Waals surface area contributed by atoms with Gasteiger partial charge in [-0.05, 0) is 18.6 Å². The summed E-state index contributed by atoms with van der Waals surface area (Å²) in [7, 11) is 0. The van der Waals surface area contributed by atoms with Crippen LogP contribution in [-0.4, -0.2) is 28.0 Å². The number of nitrogens with one attached hydrogen (secondary N) is 1. The first-order chi connectivity index (χ1) is 8.56. The molecule has 1 amide bonds. The number of halogens is 1. The van der Waals surface area contributed by atoms with E-state index in [1.165, 1.54) is 12.3 Å². The third kappa shape index (κ3) is 2.87. The zero-order chi connectivity index (χ0) is 13.1. The van der Waals surface area contributed by atoms with E-state index in [1.54, 1.807) is 18.2 Å². The van der Waals surface area contributed by atoms with Crippen molar-refractivity contribution < 1.29 is 14.7 Å². The summed E-state index contributed by atoms with van der Waals surface area (Å²) in [6, 6.07) is 2.75. The Kier molecular flexibility index (Phi) is 3.62. The maximum absolute atomic E-state index is 11.9. The average Bonchev–Trinajstić information content (AvgIpc) is 2.77. The molecular weight excluding hydrogens is 256 g/mol. The van der Waals surface area contributed by atoms with Gasteiger partial charge < -0.3 is 10.4 Å². The number of pyridine rings is 1. The van der Waals surface area contributed by atoms with Gasteiger partial charge in [0.25, 0.3) is 5.91 Å². The standard InChI is InChI=1S/C12H11ClN2O3/c13-10-6-7(3-4-14-10)11(16)15-9-2-1-8(5-9)12(17)18/h1-4,6,8-9H,5H2,(H,15,16)(H,17,18). The Labute approximate surface area is 108 Å². The van der Waals surface area contributed by atoms with Crippen LogP contribution in [0.5, 0.6) is 0 Å². The lowest BCUT2D eigenvalue weighted by Gasteiger charge is -2.12. The molecule has 2 atom stereocenters. The van der Waals surface area contributed by atoms with E-state index < -0.39 is 11.9 Å². The van der Waals surface area contributed by atoms with Crippen LogP contribution in [0.3, 0.4) is 0 Å². The van der Waals surface area contributed by atoms with Crippen molar-refractivity contribution in [1.29, 1.82) is 0 Å². The van der Waals surface area contributed by atoms with Crippen molar-refractivity contribution in [3.8, 4) is 0 Å². The van der Waals surface area contributed by atoms with Gasteiger partial charge in [0.05, 0.1) is 5.92 Å². The predicted octanol–water partition coefficient (Wildman–Crippen LogP) is 1.49. The number of nitrogens with zero attached hydrogens (tertiary/aromatic N) is 1. The Morgan fingerprint density at radius 3 is 2.83 bits per heavy atom. The van der Waals surface area contributed by atoms with Crippen molar-refractivity contribution in [2.24, 2.45) is 5.92 Å². The van der Waals surface area contributed by atoms with Crippen LogP contribution in [-0.2, 0) is 4.79 Å². The van der Waals surface area contributed by atoms with Crippen molar-refractivity contribution in [3.63, 3.8) is 0 Å². The first-order valence-corrected chi connectivity index (χ1v) is 5.77. The zero-order valence-corrected chi connectivity index (χ0v) is 10.1. The van der Waals surface area contributed by atoms with Gasteiger partial charge in [0, 0.05) is 17.8 Å². The number of carboxylic acids is 1. The van der Waals surface area contributed by atoms with Crippen LogP contribution in [0.1, 0.15) is 16.8 Å². The van der Waals surface area contributed by atoms with E-state index in [4.69, 9.17) is 16.7 Å². The SMILES string of the molecule is O=C(NC1C=CC(C(=O)O)C1)c1ccnc(Cl)c1. The van der Waals surface area contributed by atoms with Crippen molar-refractivity contribution in [2.75, 3.05) is 0 Å². The predicted molar refractivity (Wildman–Crippen MR) is 65.4 cm³/mol. The third-order valence-corrected chi connectivity index (χ3v) is 2.91. The van der Waals surface area contributed by atoms with E-state index in [1.807, 2.05) is 0 Å². The number of aromatic nitrogens is 1. The van der Waals surface area contributed by atoms with Gasteiger partial charge in [0.15, 0.2) is 0 Å². The van der Waals surface area contributed by atoms with Crippen LogP contribution < -0.4 is 5.32 Å². The van der Waals surface area contributed by atoms with E-state index in [0.717, 1.165) is 0 Å². The number of carbonyl (C=O) groups is 2. The van der Waals surface area contributed by atoms with Crippen molar-refractivity contribution in [3.05, 3.63) is 41.2 Å². The van der Waals surface area contributed by atoms with Crippen LogP contribution in [0.2, 0.25) is 5.15 Å². The van der Waals surface area contributed by atoms with Crippen LogP contribution >= 0.6 is 11.6 Å². The zero-order valence-electron chi connectivity index (χ0n) is 9.34. The van der Waals surface area contributed by atoms with Crippen LogP contribution in [0.4, 0.5) is 0 Å². The maximum atomic E-state index is 11.9. The summed E-state index contributed by atoms with van der Waals surface area (Å²) < 4.78 is 0. The molecule has 1 heterocycles. The molecule has 0 aliphatic heterocycles. The molecule has 0 saturated carbocycles. The summed E-state index contributed by atoms with van der Waals surface area (Å²) in [5, 5.41) is 11.8. The van der Waals surface area contributed by atoms with E-state index in [0.29, 0.717) is 12.0 Å². The molecule has 5 nitrogen and oxygen atoms in total. The van der Waals surface area contributed by atoms with Gasteiger partial charge in [-0.3, -0.25) is 9.59 Å². The summed E-state index contributed by atoms with van der Waals surface area (Å²) in [6.07, 6.45) is 5.11. The number of carboxylic acid groups (broad SMARTS) is 1. The highest BCUT2D eigenvalue weighted by Crippen LogP contribution is 2.18. The number of hydrogen-bond acceptors (Lipinski definition) is 3.